The third-order valence-corrected chi connectivity index (χ3v) is 3.13. The van der Waals surface area contributed by atoms with E-state index in [4.69, 9.17) is 4.74 Å². The maximum atomic E-state index is 13.1. The van der Waals surface area contributed by atoms with E-state index in [1.54, 1.807) is 36.4 Å². The molecule has 1 unspecified atom stereocenters. The van der Waals surface area contributed by atoms with E-state index in [2.05, 4.69) is 5.32 Å². The van der Waals surface area contributed by atoms with Crippen LogP contribution >= 0.6 is 0 Å². The first-order chi connectivity index (χ1) is 11.1. The second kappa shape index (κ2) is 7.89. The summed E-state index contributed by atoms with van der Waals surface area (Å²) in [7, 11) is 1.26. The highest BCUT2D eigenvalue weighted by Gasteiger charge is 2.22. The van der Waals surface area contributed by atoms with Crippen LogP contribution in [0.3, 0.4) is 0 Å². The average Bonchev–Trinajstić information content (AvgIpc) is 2.58. The second-order valence-electron chi connectivity index (χ2n) is 4.76. The highest BCUT2D eigenvalue weighted by Crippen LogP contribution is 2.14. The summed E-state index contributed by atoms with van der Waals surface area (Å²) in [6, 6.07) is 13.7. The Bertz CT molecular complexity index is 713. The molecule has 1 amide bonds. The summed E-state index contributed by atoms with van der Waals surface area (Å²) in [4.78, 5) is 23.9. The average molecular weight is 313 g/mol. The van der Waals surface area contributed by atoms with Gasteiger partial charge in [-0.15, -0.1) is 0 Å². The minimum Gasteiger partial charge on any atom is -0.467 e. The molecule has 4 nitrogen and oxygen atoms in total. The molecule has 118 valence electrons. The molecule has 0 aliphatic rings. The lowest BCUT2D eigenvalue weighted by Gasteiger charge is -2.15. The van der Waals surface area contributed by atoms with E-state index in [9.17, 15) is 14.0 Å². The quantitative estimate of drug-likeness (QED) is 0.682. The van der Waals surface area contributed by atoms with Gasteiger partial charge in [0.05, 0.1) is 7.11 Å². The molecule has 0 fully saturated rings. The fourth-order valence-corrected chi connectivity index (χ4v) is 2.01. The number of hydrogen-bond acceptors (Lipinski definition) is 3. The largest absolute Gasteiger partial charge is 0.467 e. The van der Waals surface area contributed by atoms with Gasteiger partial charge in [-0.2, -0.15) is 0 Å². The zero-order valence-corrected chi connectivity index (χ0v) is 12.5. The molecule has 0 saturated heterocycles. The van der Waals surface area contributed by atoms with Gasteiger partial charge in [-0.1, -0.05) is 42.5 Å². The van der Waals surface area contributed by atoms with Gasteiger partial charge in [0.15, 0.2) is 6.04 Å². The van der Waals surface area contributed by atoms with Crippen LogP contribution in [-0.4, -0.2) is 19.0 Å². The van der Waals surface area contributed by atoms with E-state index in [1.807, 2.05) is 6.07 Å². The number of methoxy groups -OCH3 is 1. The number of amides is 1. The van der Waals surface area contributed by atoms with E-state index in [-0.39, 0.29) is 5.82 Å². The van der Waals surface area contributed by atoms with Gasteiger partial charge in [0.1, 0.15) is 5.82 Å². The first-order valence-corrected chi connectivity index (χ1v) is 6.97. The van der Waals surface area contributed by atoms with Gasteiger partial charge in [0.2, 0.25) is 5.91 Å². The van der Waals surface area contributed by atoms with E-state index in [1.165, 1.54) is 31.4 Å². The van der Waals surface area contributed by atoms with Crippen LogP contribution in [0.25, 0.3) is 6.08 Å². The van der Waals surface area contributed by atoms with Crippen molar-refractivity contribution in [1.82, 2.24) is 5.32 Å². The zero-order chi connectivity index (χ0) is 16.7. The first kappa shape index (κ1) is 16.4. The molecule has 0 radical (unpaired) electrons. The van der Waals surface area contributed by atoms with Gasteiger partial charge < -0.3 is 10.1 Å². The van der Waals surface area contributed by atoms with E-state index >= 15 is 0 Å². The molecule has 0 aliphatic heterocycles. The predicted molar refractivity (Wildman–Crippen MR) is 84.8 cm³/mol. The van der Waals surface area contributed by atoms with Crippen LogP contribution in [0, 0.1) is 5.82 Å². The van der Waals surface area contributed by atoms with Gasteiger partial charge in [0.25, 0.3) is 0 Å². The Balaban J connectivity index is 2.10. The normalized spacial score (nSPS) is 11.9. The topological polar surface area (TPSA) is 55.4 Å². The Kier molecular flexibility index (Phi) is 5.63. The van der Waals surface area contributed by atoms with Crippen LogP contribution < -0.4 is 5.32 Å². The molecule has 1 atom stereocenters. The van der Waals surface area contributed by atoms with Gasteiger partial charge in [-0.3, -0.25) is 4.79 Å². The summed E-state index contributed by atoms with van der Waals surface area (Å²) in [5, 5.41) is 2.57. The van der Waals surface area contributed by atoms with E-state index in [0.717, 1.165) is 0 Å². The monoisotopic (exact) mass is 313 g/mol. The number of nitrogens with one attached hydrogen (secondary N) is 1. The fraction of sp³-hybridized carbons (Fsp3) is 0.111. The number of benzene rings is 2. The molecule has 0 bridgehead atoms. The lowest BCUT2D eigenvalue weighted by Crippen LogP contribution is -2.33. The molecule has 2 aromatic rings. The number of esters is 1. The van der Waals surface area contributed by atoms with Crippen LogP contribution in [0.5, 0.6) is 0 Å². The Morgan fingerprint density at radius 3 is 2.52 bits per heavy atom. The molecule has 0 saturated carbocycles. The van der Waals surface area contributed by atoms with Gasteiger partial charge in [0, 0.05) is 6.08 Å². The van der Waals surface area contributed by atoms with Crippen LogP contribution in [0.1, 0.15) is 17.2 Å². The SMILES string of the molecule is COC(=O)C(NC(=O)C=Cc1cccc(F)c1)c1ccccc1. The van der Waals surface area contributed by atoms with Gasteiger partial charge >= 0.3 is 5.97 Å². The van der Waals surface area contributed by atoms with Gasteiger partial charge in [-0.25, -0.2) is 9.18 Å². The summed E-state index contributed by atoms with van der Waals surface area (Å²) in [5.74, 6) is -1.43. The predicted octanol–water partition coefficient (Wildman–Crippen LogP) is 2.87. The van der Waals surface area contributed by atoms with Crippen molar-refractivity contribution >= 4 is 18.0 Å². The van der Waals surface area contributed by atoms with Crippen molar-refractivity contribution in [3.8, 4) is 0 Å². The number of rotatable bonds is 5. The summed E-state index contributed by atoms with van der Waals surface area (Å²) in [6.07, 6.45) is 2.71. The maximum absolute atomic E-state index is 13.1. The number of carbonyl (C=O) groups excluding carboxylic acids is 2. The molecule has 2 aromatic carbocycles. The highest BCUT2D eigenvalue weighted by atomic mass is 19.1. The zero-order valence-electron chi connectivity index (χ0n) is 12.5. The van der Waals surface area contributed by atoms with Crippen LogP contribution in [0.4, 0.5) is 4.39 Å². The van der Waals surface area contributed by atoms with Crippen molar-refractivity contribution in [2.75, 3.05) is 7.11 Å². The fourth-order valence-electron chi connectivity index (χ4n) is 2.01. The highest BCUT2D eigenvalue weighted by molar-refractivity contribution is 5.94. The molecule has 0 heterocycles. The summed E-state index contributed by atoms with van der Waals surface area (Å²) >= 11 is 0. The first-order valence-electron chi connectivity index (χ1n) is 6.97. The molecular weight excluding hydrogens is 297 g/mol. The Hall–Kier alpha value is -2.95. The third kappa shape index (κ3) is 4.78. The molecule has 1 N–H and O–H groups in total. The number of ether oxygens (including phenoxy) is 1. The molecule has 2 rings (SSSR count). The summed E-state index contributed by atoms with van der Waals surface area (Å²) < 4.78 is 17.8. The number of halogens is 1. The molecular formula is C18H16FNO3. The van der Waals surface area contributed by atoms with Crippen molar-refractivity contribution in [3.05, 3.63) is 77.6 Å². The van der Waals surface area contributed by atoms with Crippen LogP contribution in [0.15, 0.2) is 60.7 Å². The van der Waals surface area contributed by atoms with Crippen molar-refractivity contribution in [2.45, 2.75) is 6.04 Å². The standard InChI is InChI=1S/C18H16FNO3/c1-23-18(22)17(14-7-3-2-4-8-14)20-16(21)11-10-13-6-5-9-15(19)12-13/h2-12,17H,1H3,(H,20,21). The maximum Gasteiger partial charge on any atom is 0.333 e. The minimum absolute atomic E-state index is 0.385. The van der Waals surface area contributed by atoms with Crippen molar-refractivity contribution < 1.29 is 18.7 Å². The Labute approximate surface area is 133 Å². The molecule has 23 heavy (non-hydrogen) atoms. The number of hydrogen-bond donors (Lipinski definition) is 1. The Morgan fingerprint density at radius 2 is 1.87 bits per heavy atom. The summed E-state index contributed by atoms with van der Waals surface area (Å²) in [6.45, 7) is 0. The lowest BCUT2D eigenvalue weighted by atomic mass is 10.1. The Morgan fingerprint density at radius 1 is 1.13 bits per heavy atom. The number of carbonyl (C=O) groups is 2. The van der Waals surface area contributed by atoms with Crippen LogP contribution in [-0.2, 0) is 14.3 Å². The van der Waals surface area contributed by atoms with Crippen molar-refractivity contribution in [1.29, 1.82) is 0 Å². The molecule has 0 aromatic heterocycles. The second-order valence-corrected chi connectivity index (χ2v) is 4.76. The van der Waals surface area contributed by atoms with Crippen molar-refractivity contribution in [3.63, 3.8) is 0 Å². The van der Waals surface area contributed by atoms with Crippen LogP contribution in [0.2, 0.25) is 0 Å². The third-order valence-electron chi connectivity index (χ3n) is 3.13. The molecule has 0 aliphatic carbocycles. The smallest absolute Gasteiger partial charge is 0.333 e. The molecule has 5 heteroatoms. The van der Waals surface area contributed by atoms with E-state index in [0.29, 0.717) is 11.1 Å². The minimum atomic E-state index is -0.897. The lowest BCUT2D eigenvalue weighted by molar-refractivity contribution is -0.144. The molecule has 0 spiro atoms. The van der Waals surface area contributed by atoms with Crippen molar-refractivity contribution in [2.24, 2.45) is 0 Å². The van der Waals surface area contributed by atoms with E-state index < -0.39 is 17.9 Å². The van der Waals surface area contributed by atoms with Gasteiger partial charge in [-0.05, 0) is 29.3 Å². The summed E-state index contributed by atoms with van der Waals surface area (Å²) in [5.41, 5.74) is 1.17.